The van der Waals surface area contributed by atoms with Crippen LogP contribution in [0.25, 0.3) is 0 Å². The molecule has 2 fully saturated rings. The largest absolute Gasteiger partial charge is 0.375 e. The first-order valence-corrected chi connectivity index (χ1v) is 7.40. The van der Waals surface area contributed by atoms with E-state index >= 15 is 0 Å². The highest BCUT2D eigenvalue weighted by molar-refractivity contribution is 5.83. The Hall–Kier alpha value is -1.14. The van der Waals surface area contributed by atoms with Crippen LogP contribution >= 0.6 is 0 Å². The van der Waals surface area contributed by atoms with Gasteiger partial charge in [-0.05, 0) is 25.3 Å². The van der Waals surface area contributed by atoms with E-state index in [4.69, 9.17) is 4.74 Å². The lowest BCUT2D eigenvalue weighted by atomic mass is 9.93. The summed E-state index contributed by atoms with van der Waals surface area (Å²) in [7, 11) is 1.52. The minimum Gasteiger partial charge on any atom is -0.375 e. The van der Waals surface area contributed by atoms with Gasteiger partial charge in [0.1, 0.15) is 6.61 Å². The number of nitrogens with one attached hydrogen (secondary N) is 1. The van der Waals surface area contributed by atoms with Crippen molar-refractivity contribution in [3.63, 3.8) is 0 Å². The first-order valence-electron chi connectivity index (χ1n) is 7.40. The lowest BCUT2D eigenvalue weighted by Crippen LogP contribution is -2.56. The number of piperidine rings is 1. The van der Waals surface area contributed by atoms with Crippen molar-refractivity contribution in [1.29, 1.82) is 0 Å². The molecule has 0 radical (unpaired) electrons. The van der Waals surface area contributed by atoms with Crippen LogP contribution in [0, 0.1) is 5.92 Å². The molecule has 2 aliphatic rings. The van der Waals surface area contributed by atoms with E-state index in [-0.39, 0.29) is 24.5 Å². The molecule has 2 rings (SSSR count). The zero-order chi connectivity index (χ0) is 14.5. The summed E-state index contributed by atoms with van der Waals surface area (Å²) in [5.41, 5.74) is 0. The summed E-state index contributed by atoms with van der Waals surface area (Å²) < 4.78 is 4.86. The van der Waals surface area contributed by atoms with Crippen molar-refractivity contribution in [1.82, 2.24) is 15.1 Å². The molecule has 0 spiro atoms. The Morgan fingerprint density at radius 1 is 1.20 bits per heavy atom. The molecule has 20 heavy (non-hydrogen) atoms. The molecule has 0 saturated carbocycles. The molecule has 2 amide bonds. The van der Waals surface area contributed by atoms with Crippen LogP contribution in [-0.2, 0) is 14.3 Å². The Balaban J connectivity index is 1.81. The maximum Gasteiger partial charge on any atom is 0.248 e. The molecule has 1 N–H and O–H groups in total. The van der Waals surface area contributed by atoms with Gasteiger partial charge in [0.25, 0.3) is 0 Å². The number of ether oxygens (including phenoxy) is 1. The van der Waals surface area contributed by atoms with E-state index in [1.165, 1.54) is 7.11 Å². The van der Waals surface area contributed by atoms with Crippen molar-refractivity contribution >= 4 is 11.8 Å². The first kappa shape index (κ1) is 15.3. The van der Waals surface area contributed by atoms with Crippen molar-refractivity contribution < 1.29 is 14.3 Å². The second-order valence-corrected chi connectivity index (χ2v) is 5.78. The molecule has 2 atom stereocenters. The summed E-state index contributed by atoms with van der Waals surface area (Å²) >= 11 is 0. The van der Waals surface area contributed by atoms with Crippen LogP contribution in [0.3, 0.4) is 0 Å². The summed E-state index contributed by atoms with van der Waals surface area (Å²) in [6.45, 7) is 5.70. The average Bonchev–Trinajstić information content (AvgIpc) is 2.47. The monoisotopic (exact) mass is 283 g/mol. The smallest absolute Gasteiger partial charge is 0.248 e. The highest BCUT2D eigenvalue weighted by Gasteiger charge is 2.31. The van der Waals surface area contributed by atoms with Crippen LogP contribution in [0.4, 0.5) is 0 Å². The third kappa shape index (κ3) is 3.70. The van der Waals surface area contributed by atoms with Gasteiger partial charge in [-0.1, -0.05) is 6.92 Å². The van der Waals surface area contributed by atoms with Gasteiger partial charge in [-0.2, -0.15) is 0 Å². The molecule has 2 aliphatic heterocycles. The fourth-order valence-corrected chi connectivity index (χ4v) is 2.91. The number of rotatable bonds is 3. The maximum atomic E-state index is 12.4. The normalized spacial score (nSPS) is 27.5. The molecule has 0 aromatic carbocycles. The molecule has 6 nitrogen and oxygen atoms in total. The van der Waals surface area contributed by atoms with E-state index in [9.17, 15) is 9.59 Å². The third-order valence-corrected chi connectivity index (χ3v) is 4.18. The van der Waals surface area contributed by atoms with Crippen LogP contribution < -0.4 is 5.32 Å². The van der Waals surface area contributed by atoms with E-state index in [0.29, 0.717) is 32.1 Å². The molecule has 0 aromatic rings. The van der Waals surface area contributed by atoms with Gasteiger partial charge in [-0.15, -0.1) is 0 Å². The molecule has 2 heterocycles. The summed E-state index contributed by atoms with van der Waals surface area (Å²) in [6, 6.07) is -0.0417. The molecule has 114 valence electrons. The number of carbonyl (C=O) groups is 2. The minimum absolute atomic E-state index is 0.00372. The standard InChI is InChI=1S/C14H25N3O3/c1-11-3-4-15-12(9-11)14(19)17-7-5-16(6-8-17)13(18)10-20-2/h11-12,15H,3-10H2,1-2H3. The number of amides is 2. The Labute approximate surface area is 120 Å². The van der Waals surface area contributed by atoms with Crippen molar-refractivity contribution in [3.8, 4) is 0 Å². The number of nitrogens with zero attached hydrogens (tertiary/aromatic N) is 2. The van der Waals surface area contributed by atoms with E-state index in [2.05, 4.69) is 12.2 Å². The van der Waals surface area contributed by atoms with E-state index in [1.807, 2.05) is 4.90 Å². The Bertz CT molecular complexity index is 354. The molecule has 0 bridgehead atoms. The molecule has 0 aliphatic carbocycles. The van der Waals surface area contributed by atoms with Crippen molar-refractivity contribution in [2.75, 3.05) is 46.4 Å². The SMILES string of the molecule is COCC(=O)N1CCN(C(=O)C2CC(C)CCN2)CC1. The Morgan fingerprint density at radius 2 is 1.85 bits per heavy atom. The summed E-state index contributed by atoms with van der Waals surface area (Å²) in [6.07, 6.45) is 2.06. The lowest BCUT2D eigenvalue weighted by molar-refractivity contribution is -0.143. The van der Waals surface area contributed by atoms with Gasteiger partial charge >= 0.3 is 0 Å². The van der Waals surface area contributed by atoms with Crippen molar-refractivity contribution in [3.05, 3.63) is 0 Å². The minimum atomic E-state index is -0.0417. The predicted octanol–water partition coefficient (Wildman–Crippen LogP) is -0.308. The summed E-state index contributed by atoms with van der Waals surface area (Å²) in [4.78, 5) is 27.8. The van der Waals surface area contributed by atoms with Crippen LogP contribution in [-0.4, -0.2) is 74.1 Å². The highest BCUT2D eigenvalue weighted by atomic mass is 16.5. The Kier molecular flexibility index (Phi) is 5.37. The first-order chi connectivity index (χ1) is 9.61. The summed E-state index contributed by atoms with van der Waals surface area (Å²) in [5, 5.41) is 3.31. The second-order valence-electron chi connectivity index (χ2n) is 5.78. The fourth-order valence-electron chi connectivity index (χ4n) is 2.91. The zero-order valence-electron chi connectivity index (χ0n) is 12.4. The molecular weight excluding hydrogens is 258 g/mol. The summed E-state index contributed by atoms with van der Waals surface area (Å²) in [5.74, 6) is 0.800. The number of hydrogen-bond donors (Lipinski definition) is 1. The van der Waals surface area contributed by atoms with Crippen LogP contribution in [0.1, 0.15) is 19.8 Å². The third-order valence-electron chi connectivity index (χ3n) is 4.18. The van der Waals surface area contributed by atoms with Crippen LogP contribution in [0.15, 0.2) is 0 Å². The quantitative estimate of drug-likeness (QED) is 0.772. The van der Waals surface area contributed by atoms with Gasteiger partial charge in [0.15, 0.2) is 0 Å². The lowest BCUT2D eigenvalue weighted by Gasteiger charge is -2.38. The zero-order valence-corrected chi connectivity index (χ0v) is 12.4. The highest BCUT2D eigenvalue weighted by Crippen LogP contribution is 2.17. The van der Waals surface area contributed by atoms with E-state index in [1.54, 1.807) is 4.90 Å². The van der Waals surface area contributed by atoms with Crippen LogP contribution in [0.5, 0.6) is 0 Å². The molecule has 2 saturated heterocycles. The number of carbonyl (C=O) groups excluding carboxylic acids is 2. The fraction of sp³-hybridized carbons (Fsp3) is 0.857. The number of methoxy groups -OCH3 is 1. The molecule has 6 heteroatoms. The van der Waals surface area contributed by atoms with Crippen LogP contribution in [0.2, 0.25) is 0 Å². The van der Waals surface area contributed by atoms with Gasteiger partial charge in [-0.3, -0.25) is 9.59 Å². The Morgan fingerprint density at radius 3 is 2.45 bits per heavy atom. The van der Waals surface area contributed by atoms with Crippen molar-refractivity contribution in [2.24, 2.45) is 5.92 Å². The van der Waals surface area contributed by atoms with E-state index in [0.717, 1.165) is 19.4 Å². The van der Waals surface area contributed by atoms with Crippen molar-refractivity contribution in [2.45, 2.75) is 25.8 Å². The molecule has 0 aromatic heterocycles. The maximum absolute atomic E-state index is 12.4. The average molecular weight is 283 g/mol. The van der Waals surface area contributed by atoms with Gasteiger partial charge < -0.3 is 19.9 Å². The number of piperazine rings is 1. The number of hydrogen-bond acceptors (Lipinski definition) is 4. The second kappa shape index (κ2) is 7.04. The topological polar surface area (TPSA) is 61.9 Å². The van der Waals surface area contributed by atoms with E-state index < -0.39 is 0 Å². The van der Waals surface area contributed by atoms with Gasteiger partial charge in [0.2, 0.25) is 11.8 Å². The van der Waals surface area contributed by atoms with Gasteiger partial charge in [-0.25, -0.2) is 0 Å². The molecule has 2 unspecified atom stereocenters. The van der Waals surface area contributed by atoms with Gasteiger partial charge in [0.05, 0.1) is 6.04 Å². The molecular formula is C14H25N3O3. The van der Waals surface area contributed by atoms with Gasteiger partial charge in [0, 0.05) is 33.3 Å². The predicted molar refractivity (Wildman–Crippen MR) is 75.2 cm³/mol.